The van der Waals surface area contributed by atoms with Crippen LogP contribution in [0.2, 0.25) is 0 Å². The topological polar surface area (TPSA) is 41.3 Å². The van der Waals surface area contributed by atoms with Crippen molar-refractivity contribution in [2.24, 2.45) is 5.73 Å². The minimum Gasteiger partial charge on any atom is -0.330 e. The predicted molar refractivity (Wildman–Crippen MR) is 86.7 cm³/mol. The molecular weight excluding hydrogens is 302 g/mol. The molecule has 1 unspecified atom stereocenters. The van der Waals surface area contributed by atoms with E-state index in [1.807, 2.05) is 7.05 Å². The first-order chi connectivity index (χ1) is 9.11. The first kappa shape index (κ1) is 16.5. The quantitative estimate of drug-likeness (QED) is 0.555. The molecule has 0 spiro atoms. The summed E-state index contributed by atoms with van der Waals surface area (Å²) in [5.74, 6) is 0. The highest BCUT2D eigenvalue weighted by Gasteiger charge is 2.22. The third-order valence-electron chi connectivity index (χ3n) is 3.32. The van der Waals surface area contributed by atoms with Crippen molar-refractivity contribution >= 4 is 15.9 Å². The molecule has 1 aliphatic heterocycles. The van der Waals surface area contributed by atoms with Crippen molar-refractivity contribution in [3.63, 3.8) is 0 Å². The Hall–Kier alpha value is -0.580. The van der Waals surface area contributed by atoms with Gasteiger partial charge in [0, 0.05) is 6.20 Å². The number of unbranched alkanes of at least 4 members (excludes halogenated alkanes) is 3. The monoisotopic (exact) mass is 327 g/mol. The van der Waals surface area contributed by atoms with Crippen LogP contribution in [-0.2, 0) is 0 Å². The maximum absolute atomic E-state index is 5.49. The van der Waals surface area contributed by atoms with Gasteiger partial charge in [0.25, 0.3) is 0 Å². The molecule has 0 bridgehead atoms. The van der Waals surface area contributed by atoms with E-state index >= 15 is 0 Å². The van der Waals surface area contributed by atoms with Crippen LogP contribution in [0, 0.1) is 0 Å². The van der Waals surface area contributed by atoms with Crippen LogP contribution in [0.5, 0.6) is 0 Å². The lowest BCUT2D eigenvalue weighted by molar-refractivity contribution is 0.350. The molecule has 0 aliphatic carbocycles. The zero-order valence-electron chi connectivity index (χ0n) is 12.2. The molecule has 0 aromatic heterocycles. The zero-order chi connectivity index (χ0) is 14.3. The molecule has 4 heteroatoms. The Morgan fingerprint density at radius 1 is 1.37 bits per heavy atom. The Balaban J connectivity index is 2.59. The van der Waals surface area contributed by atoms with E-state index < -0.39 is 0 Å². The first-order valence-electron chi connectivity index (χ1n) is 6.98. The van der Waals surface area contributed by atoms with Crippen LogP contribution in [0.4, 0.5) is 0 Å². The van der Waals surface area contributed by atoms with E-state index in [0.29, 0.717) is 0 Å². The normalized spacial score (nSPS) is 20.4. The summed E-state index contributed by atoms with van der Waals surface area (Å²) >= 11 is 3.68. The number of nitrogens with one attached hydrogen (secondary N) is 1. The third kappa shape index (κ3) is 4.79. The van der Waals surface area contributed by atoms with Crippen molar-refractivity contribution in [1.29, 1.82) is 0 Å². The molecule has 0 aromatic carbocycles. The second-order valence-corrected chi connectivity index (χ2v) is 5.73. The lowest BCUT2D eigenvalue weighted by Gasteiger charge is -2.34. The lowest BCUT2D eigenvalue weighted by Crippen LogP contribution is -2.42. The summed E-state index contributed by atoms with van der Waals surface area (Å²) in [6, 6.07) is 0. The van der Waals surface area contributed by atoms with Gasteiger partial charge in [0.05, 0.1) is 4.61 Å². The number of nitrogens with zero attached hydrogens (tertiary/aromatic N) is 1. The van der Waals surface area contributed by atoms with Gasteiger partial charge >= 0.3 is 0 Å². The zero-order valence-corrected chi connectivity index (χ0v) is 13.8. The Bertz CT molecular complexity index is 372. The molecule has 108 valence electrons. The minimum absolute atomic E-state index is 0.235. The summed E-state index contributed by atoms with van der Waals surface area (Å²) in [6.07, 6.45) is 11.5. The summed E-state index contributed by atoms with van der Waals surface area (Å²) in [6.45, 7) is 5.09. The van der Waals surface area contributed by atoms with E-state index in [1.54, 1.807) is 0 Å². The fourth-order valence-corrected chi connectivity index (χ4v) is 2.74. The SMILES string of the molecule is CNC1C(C)=CC(C)=C(Br)N1/C=C/CCCCCN. The molecule has 3 N–H and O–H groups in total. The Morgan fingerprint density at radius 3 is 2.74 bits per heavy atom. The number of rotatable bonds is 7. The number of hydrogen-bond acceptors (Lipinski definition) is 3. The van der Waals surface area contributed by atoms with Gasteiger partial charge in [0.15, 0.2) is 0 Å². The second-order valence-electron chi connectivity index (χ2n) is 4.98. The van der Waals surface area contributed by atoms with Crippen molar-refractivity contribution in [2.75, 3.05) is 13.6 Å². The molecule has 3 nitrogen and oxygen atoms in total. The van der Waals surface area contributed by atoms with Crippen molar-refractivity contribution in [2.45, 2.75) is 45.7 Å². The van der Waals surface area contributed by atoms with E-state index in [1.165, 1.54) is 24.0 Å². The van der Waals surface area contributed by atoms with Gasteiger partial charge in [-0.15, -0.1) is 0 Å². The molecule has 0 amide bonds. The van der Waals surface area contributed by atoms with E-state index in [4.69, 9.17) is 5.73 Å². The molecule has 1 heterocycles. The minimum atomic E-state index is 0.235. The average molecular weight is 328 g/mol. The fourth-order valence-electron chi connectivity index (χ4n) is 2.31. The number of likely N-dealkylation sites (N-methyl/N-ethyl adjacent to an activating group) is 1. The van der Waals surface area contributed by atoms with Crippen LogP contribution < -0.4 is 11.1 Å². The number of allylic oxidation sites excluding steroid dienone is 3. The Kier molecular flexibility index (Phi) is 7.42. The molecule has 0 fully saturated rings. The fraction of sp³-hybridized carbons (Fsp3) is 0.600. The van der Waals surface area contributed by atoms with Crippen LogP contribution in [-0.4, -0.2) is 24.7 Å². The van der Waals surface area contributed by atoms with Crippen LogP contribution >= 0.6 is 15.9 Å². The maximum atomic E-state index is 5.49. The molecule has 19 heavy (non-hydrogen) atoms. The molecule has 1 aliphatic rings. The summed E-state index contributed by atoms with van der Waals surface area (Å²) in [5.41, 5.74) is 8.08. The second kappa shape index (κ2) is 8.56. The summed E-state index contributed by atoms with van der Waals surface area (Å²) < 4.78 is 1.13. The average Bonchev–Trinajstić information content (AvgIpc) is 2.39. The van der Waals surface area contributed by atoms with Gasteiger partial charge in [-0.3, -0.25) is 5.32 Å². The van der Waals surface area contributed by atoms with Crippen molar-refractivity contribution in [3.8, 4) is 0 Å². The van der Waals surface area contributed by atoms with Crippen LogP contribution in [0.1, 0.15) is 39.5 Å². The van der Waals surface area contributed by atoms with Gasteiger partial charge in [0.2, 0.25) is 0 Å². The molecule has 0 aromatic rings. The highest BCUT2D eigenvalue weighted by molar-refractivity contribution is 9.11. The van der Waals surface area contributed by atoms with Crippen molar-refractivity contribution in [1.82, 2.24) is 10.2 Å². The smallest absolute Gasteiger partial charge is 0.106 e. The predicted octanol–water partition coefficient (Wildman–Crippen LogP) is 3.45. The summed E-state index contributed by atoms with van der Waals surface area (Å²) in [7, 11) is 1.99. The largest absolute Gasteiger partial charge is 0.330 e. The van der Waals surface area contributed by atoms with E-state index in [9.17, 15) is 0 Å². The van der Waals surface area contributed by atoms with Gasteiger partial charge in [-0.05, 0) is 73.8 Å². The van der Waals surface area contributed by atoms with E-state index in [2.05, 4.69) is 58.3 Å². The molecule has 0 saturated carbocycles. The number of halogens is 1. The number of nitrogens with two attached hydrogens (primary N) is 1. The molecule has 0 radical (unpaired) electrons. The van der Waals surface area contributed by atoms with Crippen molar-refractivity contribution < 1.29 is 0 Å². The van der Waals surface area contributed by atoms with Gasteiger partial charge in [-0.2, -0.15) is 0 Å². The Labute approximate surface area is 125 Å². The van der Waals surface area contributed by atoms with E-state index in [0.717, 1.165) is 24.0 Å². The third-order valence-corrected chi connectivity index (χ3v) is 4.36. The molecule has 1 rings (SSSR count). The molecular formula is C15H26BrN3. The molecule has 1 atom stereocenters. The van der Waals surface area contributed by atoms with Gasteiger partial charge in [0.1, 0.15) is 6.17 Å². The molecule has 0 saturated heterocycles. The first-order valence-corrected chi connectivity index (χ1v) is 7.78. The van der Waals surface area contributed by atoms with Crippen LogP contribution in [0.25, 0.3) is 0 Å². The summed E-state index contributed by atoms with van der Waals surface area (Å²) in [5, 5.41) is 3.34. The van der Waals surface area contributed by atoms with Crippen LogP contribution in [0.15, 0.2) is 34.1 Å². The number of hydrogen-bond donors (Lipinski definition) is 2. The van der Waals surface area contributed by atoms with E-state index in [-0.39, 0.29) is 6.17 Å². The van der Waals surface area contributed by atoms with Crippen molar-refractivity contribution in [3.05, 3.63) is 34.1 Å². The highest BCUT2D eigenvalue weighted by Crippen LogP contribution is 2.29. The maximum Gasteiger partial charge on any atom is 0.106 e. The van der Waals surface area contributed by atoms with Gasteiger partial charge in [-0.1, -0.05) is 18.6 Å². The highest BCUT2D eigenvalue weighted by atomic mass is 79.9. The van der Waals surface area contributed by atoms with Gasteiger partial charge in [-0.25, -0.2) is 0 Å². The van der Waals surface area contributed by atoms with Crippen LogP contribution in [0.3, 0.4) is 0 Å². The standard InChI is InChI=1S/C15H26BrN3/c1-12-11-13(2)15(18-3)19(14(12)16)10-8-6-4-5-7-9-17/h8,10-11,15,18H,4-7,9,17H2,1-3H3/b10-8+. The van der Waals surface area contributed by atoms with Gasteiger partial charge < -0.3 is 10.6 Å². The lowest BCUT2D eigenvalue weighted by atomic mass is 10.1. The summed E-state index contributed by atoms with van der Waals surface area (Å²) in [4.78, 5) is 2.24. The Morgan fingerprint density at radius 2 is 2.11 bits per heavy atom.